The van der Waals surface area contributed by atoms with Gasteiger partial charge in [0.05, 0.1) is 4.90 Å². The first-order valence-corrected chi connectivity index (χ1v) is 10.6. The molecule has 1 amide bonds. The van der Waals surface area contributed by atoms with Crippen molar-refractivity contribution in [3.05, 3.63) is 90.0 Å². The van der Waals surface area contributed by atoms with Crippen LogP contribution in [-0.4, -0.2) is 19.4 Å². The van der Waals surface area contributed by atoms with Gasteiger partial charge in [-0.3, -0.25) is 14.8 Å². The Morgan fingerprint density at radius 1 is 0.828 bits per heavy atom. The van der Waals surface area contributed by atoms with Crippen molar-refractivity contribution in [2.45, 2.75) is 11.8 Å². The van der Waals surface area contributed by atoms with Gasteiger partial charge in [0.25, 0.3) is 15.9 Å². The van der Waals surface area contributed by atoms with E-state index in [1.165, 1.54) is 12.1 Å². The maximum absolute atomic E-state index is 12.5. The molecule has 148 valence electrons. The molecule has 0 saturated heterocycles. The summed E-state index contributed by atoms with van der Waals surface area (Å²) in [6.45, 7) is 1.84. The number of hydrogen-bond acceptors (Lipinski definition) is 4. The lowest BCUT2D eigenvalue weighted by Crippen LogP contribution is -2.34. The van der Waals surface area contributed by atoms with Crippen molar-refractivity contribution in [3.63, 3.8) is 0 Å². The topological polar surface area (TPSA) is 87.3 Å². The van der Waals surface area contributed by atoms with Crippen molar-refractivity contribution >= 4 is 44.6 Å². The zero-order valence-corrected chi connectivity index (χ0v) is 17.2. The van der Waals surface area contributed by atoms with Gasteiger partial charge in [0.15, 0.2) is 5.11 Å². The second-order valence-electron chi connectivity index (χ2n) is 6.22. The summed E-state index contributed by atoms with van der Waals surface area (Å²) >= 11 is 5.17. The Morgan fingerprint density at radius 2 is 1.45 bits per heavy atom. The largest absolute Gasteiger partial charge is 0.332 e. The minimum absolute atomic E-state index is 0.113. The Hall–Kier alpha value is -3.23. The standard InChI is InChI=1S/C21H19N3O3S2/c1-15-7-5-6-10-19(15)20(25)23-21(28)22-16-11-13-18(14-12-16)29(26,27)24-17-8-3-2-4-9-17/h2-14,24H,1H3,(H2,22,23,25,28). The first kappa shape index (κ1) is 20.5. The summed E-state index contributed by atoms with van der Waals surface area (Å²) in [4.78, 5) is 12.4. The summed E-state index contributed by atoms with van der Waals surface area (Å²) in [7, 11) is -3.70. The number of carbonyl (C=O) groups is 1. The van der Waals surface area contributed by atoms with Gasteiger partial charge >= 0.3 is 0 Å². The molecular weight excluding hydrogens is 406 g/mol. The van der Waals surface area contributed by atoms with Gasteiger partial charge in [0.2, 0.25) is 0 Å². The highest BCUT2D eigenvalue weighted by Gasteiger charge is 2.14. The van der Waals surface area contributed by atoms with Crippen LogP contribution in [0.3, 0.4) is 0 Å². The number of sulfonamides is 1. The smallest absolute Gasteiger partial charge is 0.261 e. The molecule has 0 atom stereocenters. The summed E-state index contributed by atoms with van der Waals surface area (Å²) in [5.74, 6) is -0.313. The highest BCUT2D eigenvalue weighted by atomic mass is 32.2. The molecule has 6 nitrogen and oxygen atoms in total. The van der Waals surface area contributed by atoms with Crippen LogP contribution in [0.15, 0.2) is 83.8 Å². The highest BCUT2D eigenvalue weighted by Crippen LogP contribution is 2.18. The van der Waals surface area contributed by atoms with Gasteiger partial charge in [0.1, 0.15) is 0 Å². The van der Waals surface area contributed by atoms with Crippen molar-refractivity contribution in [2.24, 2.45) is 0 Å². The molecule has 0 aromatic heterocycles. The normalized spacial score (nSPS) is 10.8. The van der Waals surface area contributed by atoms with Crippen LogP contribution in [0.5, 0.6) is 0 Å². The van der Waals surface area contributed by atoms with Gasteiger partial charge in [-0.05, 0) is 67.2 Å². The molecule has 3 N–H and O–H groups in total. The first-order valence-electron chi connectivity index (χ1n) is 8.71. The average molecular weight is 426 g/mol. The van der Waals surface area contributed by atoms with E-state index in [9.17, 15) is 13.2 Å². The molecule has 0 heterocycles. The molecule has 3 aromatic carbocycles. The summed E-state index contributed by atoms with van der Waals surface area (Å²) in [5.41, 5.74) is 2.41. The molecule has 0 radical (unpaired) electrons. The SMILES string of the molecule is Cc1ccccc1C(=O)NC(=S)Nc1ccc(S(=O)(=O)Nc2ccccc2)cc1. The van der Waals surface area contributed by atoms with E-state index in [-0.39, 0.29) is 15.9 Å². The van der Waals surface area contributed by atoms with Gasteiger partial charge in [0, 0.05) is 16.9 Å². The maximum atomic E-state index is 12.5. The van der Waals surface area contributed by atoms with E-state index in [2.05, 4.69) is 15.4 Å². The molecule has 3 aromatic rings. The summed E-state index contributed by atoms with van der Waals surface area (Å²) < 4.78 is 27.4. The number of nitrogens with one attached hydrogen (secondary N) is 3. The molecule has 0 fully saturated rings. The van der Waals surface area contributed by atoms with E-state index in [0.29, 0.717) is 16.9 Å². The molecule has 3 rings (SSSR count). The number of rotatable bonds is 5. The van der Waals surface area contributed by atoms with Crippen molar-refractivity contribution < 1.29 is 13.2 Å². The maximum Gasteiger partial charge on any atom is 0.261 e. The van der Waals surface area contributed by atoms with Crippen molar-refractivity contribution in [1.29, 1.82) is 0 Å². The number of carbonyl (C=O) groups excluding carboxylic acids is 1. The number of thiocarbonyl (C=S) groups is 1. The second kappa shape index (κ2) is 8.85. The van der Waals surface area contributed by atoms with Crippen LogP contribution >= 0.6 is 12.2 Å². The molecule has 0 spiro atoms. The monoisotopic (exact) mass is 425 g/mol. The van der Waals surface area contributed by atoms with Crippen LogP contribution in [0.25, 0.3) is 0 Å². The lowest BCUT2D eigenvalue weighted by atomic mass is 10.1. The van der Waals surface area contributed by atoms with Crippen LogP contribution in [-0.2, 0) is 10.0 Å². The lowest BCUT2D eigenvalue weighted by Gasteiger charge is -2.12. The second-order valence-corrected chi connectivity index (χ2v) is 8.31. The Bertz CT molecular complexity index is 1130. The van der Waals surface area contributed by atoms with Gasteiger partial charge in [-0.1, -0.05) is 36.4 Å². The molecule has 0 aliphatic heterocycles. The zero-order valence-electron chi connectivity index (χ0n) is 15.5. The molecule has 8 heteroatoms. The van der Waals surface area contributed by atoms with Crippen LogP contribution in [0, 0.1) is 6.92 Å². The quantitative estimate of drug-likeness (QED) is 0.539. The molecule has 0 bridgehead atoms. The van der Waals surface area contributed by atoms with Crippen molar-refractivity contribution in [2.75, 3.05) is 10.0 Å². The van der Waals surface area contributed by atoms with Crippen LogP contribution in [0.1, 0.15) is 15.9 Å². The third kappa shape index (κ3) is 5.40. The minimum Gasteiger partial charge on any atom is -0.332 e. The number of aryl methyl sites for hydroxylation is 1. The third-order valence-electron chi connectivity index (χ3n) is 4.07. The van der Waals surface area contributed by atoms with E-state index in [1.54, 1.807) is 54.6 Å². The van der Waals surface area contributed by atoms with Gasteiger partial charge in [-0.25, -0.2) is 8.42 Å². The molecular formula is C21H19N3O3S2. The van der Waals surface area contributed by atoms with E-state index in [0.717, 1.165) is 5.56 Å². The Kier molecular flexibility index (Phi) is 6.26. The van der Waals surface area contributed by atoms with Crippen molar-refractivity contribution in [3.8, 4) is 0 Å². The molecule has 0 unspecified atom stereocenters. The van der Waals surface area contributed by atoms with E-state index in [1.807, 2.05) is 19.1 Å². The third-order valence-corrected chi connectivity index (χ3v) is 5.67. The van der Waals surface area contributed by atoms with E-state index in [4.69, 9.17) is 12.2 Å². The predicted molar refractivity (Wildman–Crippen MR) is 119 cm³/mol. The number of hydrogen-bond donors (Lipinski definition) is 3. The first-order chi connectivity index (χ1) is 13.8. The lowest BCUT2D eigenvalue weighted by molar-refractivity contribution is 0.0977. The fraction of sp³-hybridized carbons (Fsp3) is 0.0476. The van der Waals surface area contributed by atoms with Crippen LogP contribution in [0.4, 0.5) is 11.4 Å². The molecule has 0 saturated carbocycles. The molecule has 0 aliphatic rings. The van der Waals surface area contributed by atoms with Gasteiger partial charge < -0.3 is 5.32 Å². The fourth-order valence-electron chi connectivity index (χ4n) is 2.60. The number of anilines is 2. The van der Waals surface area contributed by atoms with Crippen LogP contribution in [0.2, 0.25) is 0 Å². The number of benzene rings is 3. The molecule has 0 aliphatic carbocycles. The number of para-hydroxylation sites is 1. The summed E-state index contributed by atoms with van der Waals surface area (Å²) in [6.07, 6.45) is 0. The van der Waals surface area contributed by atoms with Crippen molar-refractivity contribution in [1.82, 2.24) is 5.32 Å². The van der Waals surface area contributed by atoms with E-state index >= 15 is 0 Å². The minimum atomic E-state index is -3.70. The number of amides is 1. The zero-order chi connectivity index (χ0) is 20.9. The Balaban J connectivity index is 1.63. The van der Waals surface area contributed by atoms with Gasteiger partial charge in [-0.15, -0.1) is 0 Å². The van der Waals surface area contributed by atoms with Crippen LogP contribution < -0.4 is 15.4 Å². The highest BCUT2D eigenvalue weighted by molar-refractivity contribution is 7.92. The predicted octanol–water partition coefficient (Wildman–Crippen LogP) is 3.92. The summed E-state index contributed by atoms with van der Waals surface area (Å²) in [5, 5.41) is 5.61. The summed E-state index contributed by atoms with van der Waals surface area (Å²) in [6, 6.07) is 21.9. The Morgan fingerprint density at radius 3 is 2.10 bits per heavy atom. The molecule has 29 heavy (non-hydrogen) atoms. The van der Waals surface area contributed by atoms with E-state index < -0.39 is 10.0 Å². The fourth-order valence-corrected chi connectivity index (χ4v) is 3.87. The Labute approximate surface area is 175 Å². The average Bonchev–Trinajstić information content (AvgIpc) is 2.69. The van der Waals surface area contributed by atoms with Gasteiger partial charge in [-0.2, -0.15) is 0 Å².